The monoisotopic (exact) mass is 556 g/mol. The number of methoxy groups -OCH3 is 1. The molecule has 1 heterocycles. The van der Waals surface area contributed by atoms with E-state index in [2.05, 4.69) is 0 Å². The molecule has 0 bridgehead atoms. The van der Waals surface area contributed by atoms with Gasteiger partial charge in [0.1, 0.15) is 17.2 Å². The number of carbonyl (C=O) groups excluding carboxylic acids is 1. The predicted octanol–water partition coefficient (Wildman–Crippen LogP) is 3.94. The van der Waals surface area contributed by atoms with Gasteiger partial charge in [0.2, 0.25) is 15.9 Å². The second-order valence-electron chi connectivity index (χ2n) is 8.75. The molecule has 1 aromatic heterocycles. The van der Waals surface area contributed by atoms with Crippen LogP contribution in [0.25, 0.3) is 11.0 Å². The van der Waals surface area contributed by atoms with Crippen LogP contribution in [0.2, 0.25) is 0 Å². The first-order valence-corrected chi connectivity index (χ1v) is 13.4. The van der Waals surface area contributed by atoms with Crippen LogP contribution in [-0.4, -0.2) is 50.3 Å². The van der Waals surface area contributed by atoms with E-state index in [4.69, 9.17) is 9.15 Å². The summed E-state index contributed by atoms with van der Waals surface area (Å²) in [7, 11) is -2.80. The summed E-state index contributed by atoms with van der Waals surface area (Å²) in [6.07, 6.45) is 1.27. The molecule has 0 fully saturated rings. The molecule has 0 unspecified atom stereocenters. The lowest BCUT2D eigenvalue weighted by Crippen LogP contribution is -2.44. The molecular weight excluding hydrogens is 530 g/mol. The van der Waals surface area contributed by atoms with Gasteiger partial charge in [-0.1, -0.05) is 24.3 Å². The molecule has 4 aromatic rings. The maximum atomic E-state index is 13.6. The molecule has 0 aliphatic carbocycles. The molecule has 11 heteroatoms. The molecule has 1 amide bonds. The average molecular weight is 557 g/mol. The Morgan fingerprint density at radius 3 is 2.23 bits per heavy atom. The van der Waals surface area contributed by atoms with Crippen molar-refractivity contribution in [3.8, 4) is 0 Å². The number of rotatable bonds is 11. The standard InChI is InChI=1S/C28H26F2N2O6S/c1-37-15-14-32(39(35,36)24-12-10-23(30)11-13-24)18-27(33)31(16-20-6-8-22(29)9-7-20)17-21-19-38-26-5-3-2-4-25(26)28(21)34/h2-13,19H,14-18H2,1H3. The summed E-state index contributed by atoms with van der Waals surface area (Å²) in [5.41, 5.74) is 0.816. The molecule has 0 atom stereocenters. The Kier molecular flexibility index (Phi) is 8.85. The zero-order valence-corrected chi connectivity index (χ0v) is 21.9. The van der Waals surface area contributed by atoms with E-state index in [1.165, 1.54) is 42.5 Å². The van der Waals surface area contributed by atoms with Crippen molar-refractivity contribution in [3.63, 3.8) is 0 Å². The van der Waals surface area contributed by atoms with Gasteiger partial charge in [0.05, 0.1) is 41.8 Å². The van der Waals surface area contributed by atoms with Crippen molar-refractivity contribution in [2.24, 2.45) is 0 Å². The van der Waals surface area contributed by atoms with E-state index < -0.39 is 34.1 Å². The number of para-hydroxylation sites is 1. The highest BCUT2D eigenvalue weighted by Crippen LogP contribution is 2.19. The van der Waals surface area contributed by atoms with Gasteiger partial charge in [-0.3, -0.25) is 9.59 Å². The molecule has 0 spiro atoms. The van der Waals surface area contributed by atoms with Gasteiger partial charge in [-0.25, -0.2) is 17.2 Å². The van der Waals surface area contributed by atoms with Crippen LogP contribution in [0.5, 0.6) is 0 Å². The number of sulfonamides is 1. The first-order chi connectivity index (χ1) is 18.7. The quantitative estimate of drug-likeness (QED) is 0.278. The van der Waals surface area contributed by atoms with Gasteiger partial charge in [-0.15, -0.1) is 0 Å². The number of hydrogen-bond donors (Lipinski definition) is 0. The molecule has 0 saturated carbocycles. The fourth-order valence-corrected chi connectivity index (χ4v) is 5.33. The number of nitrogens with zero attached hydrogens (tertiary/aromatic N) is 2. The third kappa shape index (κ3) is 6.75. The molecule has 0 aliphatic rings. The van der Waals surface area contributed by atoms with Crippen LogP contribution >= 0.6 is 0 Å². The van der Waals surface area contributed by atoms with E-state index in [9.17, 15) is 26.8 Å². The largest absolute Gasteiger partial charge is 0.464 e. The molecule has 4 rings (SSSR count). The first kappa shape index (κ1) is 28.1. The highest BCUT2D eigenvalue weighted by atomic mass is 32.2. The fraction of sp³-hybridized carbons (Fsp3) is 0.214. The maximum absolute atomic E-state index is 13.6. The van der Waals surface area contributed by atoms with E-state index in [1.54, 1.807) is 24.3 Å². The van der Waals surface area contributed by atoms with Gasteiger partial charge >= 0.3 is 0 Å². The van der Waals surface area contributed by atoms with Crippen LogP contribution in [0.1, 0.15) is 11.1 Å². The van der Waals surface area contributed by atoms with Crippen molar-refractivity contribution >= 4 is 26.9 Å². The summed E-state index contributed by atoms with van der Waals surface area (Å²) in [5, 5.41) is 0.338. The Morgan fingerprint density at radius 2 is 1.56 bits per heavy atom. The van der Waals surface area contributed by atoms with Crippen LogP contribution in [0, 0.1) is 11.6 Å². The van der Waals surface area contributed by atoms with Crippen molar-refractivity contribution in [1.29, 1.82) is 0 Å². The van der Waals surface area contributed by atoms with Gasteiger partial charge in [0, 0.05) is 20.2 Å². The minimum absolute atomic E-state index is 0.0000699. The summed E-state index contributed by atoms with van der Waals surface area (Å²) < 4.78 is 65.1. The van der Waals surface area contributed by atoms with Gasteiger partial charge < -0.3 is 14.1 Å². The van der Waals surface area contributed by atoms with E-state index in [1.807, 2.05) is 0 Å². The lowest BCUT2D eigenvalue weighted by Gasteiger charge is -2.27. The zero-order valence-electron chi connectivity index (χ0n) is 21.0. The van der Waals surface area contributed by atoms with Gasteiger partial charge in [0.15, 0.2) is 5.43 Å². The Morgan fingerprint density at radius 1 is 0.923 bits per heavy atom. The zero-order chi connectivity index (χ0) is 28.0. The molecule has 0 aliphatic heterocycles. The molecule has 0 N–H and O–H groups in total. The summed E-state index contributed by atoms with van der Waals surface area (Å²) in [6.45, 7) is -0.939. The number of amides is 1. The molecular formula is C28H26F2N2O6S. The molecule has 204 valence electrons. The number of hydrogen-bond acceptors (Lipinski definition) is 6. The maximum Gasteiger partial charge on any atom is 0.243 e. The Balaban J connectivity index is 1.66. The summed E-state index contributed by atoms with van der Waals surface area (Å²) in [4.78, 5) is 27.8. The van der Waals surface area contributed by atoms with E-state index in [0.717, 1.165) is 28.6 Å². The third-order valence-corrected chi connectivity index (χ3v) is 7.92. The molecule has 39 heavy (non-hydrogen) atoms. The minimum Gasteiger partial charge on any atom is -0.464 e. The highest BCUT2D eigenvalue weighted by Gasteiger charge is 2.29. The Bertz CT molecular complexity index is 1610. The van der Waals surface area contributed by atoms with Crippen molar-refractivity contribution in [2.45, 2.75) is 18.0 Å². The van der Waals surface area contributed by atoms with E-state index in [-0.39, 0.29) is 42.1 Å². The van der Waals surface area contributed by atoms with Crippen LogP contribution in [-0.2, 0) is 32.6 Å². The predicted molar refractivity (Wildman–Crippen MR) is 140 cm³/mol. The summed E-state index contributed by atoms with van der Waals surface area (Å²) in [6, 6.07) is 16.4. The van der Waals surface area contributed by atoms with Crippen LogP contribution in [0.15, 0.2) is 93.2 Å². The first-order valence-electron chi connectivity index (χ1n) is 12.0. The highest BCUT2D eigenvalue weighted by molar-refractivity contribution is 7.89. The van der Waals surface area contributed by atoms with Gasteiger partial charge in [-0.2, -0.15) is 4.31 Å². The van der Waals surface area contributed by atoms with E-state index in [0.29, 0.717) is 16.5 Å². The molecule has 0 saturated heterocycles. The normalized spacial score (nSPS) is 11.7. The number of halogens is 2. The number of carbonyl (C=O) groups is 1. The lowest BCUT2D eigenvalue weighted by atomic mass is 10.1. The van der Waals surface area contributed by atoms with Gasteiger partial charge in [0.25, 0.3) is 0 Å². The molecule has 0 radical (unpaired) electrons. The topological polar surface area (TPSA) is 97.1 Å². The lowest BCUT2D eigenvalue weighted by molar-refractivity contribution is -0.132. The van der Waals surface area contributed by atoms with Crippen molar-refractivity contribution < 1.29 is 31.1 Å². The minimum atomic E-state index is -4.20. The summed E-state index contributed by atoms with van der Waals surface area (Å²) >= 11 is 0. The molecule has 8 nitrogen and oxygen atoms in total. The van der Waals surface area contributed by atoms with Crippen LogP contribution < -0.4 is 5.43 Å². The van der Waals surface area contributed by atoms with Crippen molar-refractivity contribution in [3.05, 3.63) is 112 Å². The molecule has 3 aromatic carbocycles. The van der Waals surface area contributed by atoms with Crippen LogP contribution in [0.4, 0.5) is 8.78 Å². The second-order valence-corrected chi connectivity index (χ2v) is 10.7. The van der Waals surface area contributed by atoms with E-state index >= 15 is 0 Å². The number of benzene rings is 3. The van der Waals surface area contributed by atoms with Crippen molar-refractivity contribution in [1.82, 2.24) is 9.21 Å². The van der Waals surface area contributed by atoms with Crippen molar-refractivity contribution in [2.75, 3.05) is 26.8 Å². The SMILES string of the molecule is COCCN(CC(=O)N(Cc1ccc(F)cc1)Cc1coc2ccccc2c1=O)S(=O)(=O)c1ccc(F)cc1. The smallest absolute Gasteiger partial charge is 0.243 e. The summed E-state index contributed by atoms with van der Waals surface area (Å²) in [5.74, 6) is -1.68. The second kappa shape index (κ2) is 12.3. The van der Waals surface area contributed by atoms with Crippen LogP contribution in [0.3, 0.4) is 0 Å². The van der Waals surface area contributed by atoms with Gasteiger partial charge in [-0.05, 0) is 54.1 Å². The Labute approximate surface area is 224 Å². The number of fused-ring (bicyclic) bond motifs is 1. The number of ether oxygens (including phenoxy) is 1. The Hall–Kier alpha value is -3.93. The third-order valence-electron chi connectivity index (χ3n) is 6.06. The fourth-order valence-electron chi connectivity index (χ4n) is 3.96. The average Bonchev–Trinajstić information content (AvgIpc) is 2.93.